The molecule has 3 rings (SSSR count). The first-order chi connectivity index (χ1) is 10.7. The van der Waals surface area contributed by atoms with Crippen molar-refractivity contribution in [2.75, 3.05) is 6.54 Å². The van der Waals surface area contributed by atoms with E-state index in [0.717, 1.165) is 18.4 Å². The molecule has 5 heteroatoms. The molecule has 2 heterocycles. The molecular weight excluding hydrogens is 301 g/mol. The van der Waals surface area contributed by atoms with Crippen molar-refractivity contribution in [2.24, 2.45) is 0 Å². The average Bonchev–Trinajstić information content (AvgIpc) is 3.04. The van der Waals surface area contributed by atoms with Gasteiger partial charge >= 0.3 is 5.97 Å². The molecule has 1 N–H and O–H groups in total. The van der Waals surface area contributed by atoms with Crippen LogP contribution in [-0.2, 0) is 4.79 Å². The molecule has 0 spiro atoms. The van der Waals surface area contributed by atoms with Gasteiger partial charge in [-0.3, -0.25) is 9.69 Å². The van der Waals surface area contributed by atoms with Gasteiger partial charge in [0.25, 0.3) is 0 Å². The van der Waals surface area contributed by atoms with Crippen LogP contribution in [-0.4, -0.2) is 28.6 Å². The number of hydrogen-bond donors (Lipinski definition) is 1. The number of piperidine rings is 1. The van der Waals surface area contributed by atoms with E-state index in [-0.39, 0.29) is 11.9 Å². The lowest BCUT2D eigenvalue weighted by molar-refractivity contribution is -0.145. The van der Waals surface area contributed by atoms with Crippen molar-refractivity contribution in [3.63, 3.8) is 0 Å². The Labute approximate surface area is 133 Å². The number of likely N-dealkylation sites (tertiary alicyclic amines) is 1. The molecular formula is C17H18FNO2S. The highest BCUT2D eigenvalue weighted by Gasteiger charge is 2.36. The van der Waals surface area contributed by atoms with Gasteiger partial charge in [-0.05, 0) is 47.8 Å². The number of aliphatic carboxylic acids is 1. The lowest BCUT2D eigenvalue weighted by Gasteiger charge is -2.39. The van der Waals surface area contributed by atoms with Crippen LogP contribution in [0.3, 0.4) is 0 Å². The predicted molar refractivity (Wildman–Crippen MR) is 84.5 cm³/mol. The van der Waals surface area contributed by atoms with Gasteiger partial charge in [0.15, 0.2) is 0 Å². The van der Waals surface area contributed by atoms with Crippen molar-refractivity contribution < 1.29 is 14.3 Å². The van der Waals surface area contributed by atoms with Gasteiger partial charge in [-0.2, -0.15) is 11.3 Å². The Kier molecular flexibility index (Phi) is 4.55. The predicted octanol–water partition coefficient (Wildman–Crippen LogP) is 3.92. The third-order valence-corrected chi connectivity index (χ3v) is 4.92. The van der Waals surface area contributed by atoms with Crippen LogP contribution >= 0.6 is 11.3 Å². The molecule has 1 aromatic heterocycles. The summed E-state index contributed by atoms with van der Waals surface area (Å²) in [6, 6.07) is 7.72. The molecule has 3 nitrogen and oxygen atoms in total. The van der Waals surface area contributed by atoms with Crippen LogP contribution in [0, 0.1) is 5.82 Å². The molecule has 116 valence electrons. The second kappa shape index (κ2) is 6.58. The Morgan fingerprint density at radius 3 is 2.82 bits per heavy atom. The molecule has 1 aliphatic rings. The number of rotatable bonds is 4. The standard InChI is InChI=1S/C17H18FNO2S/c18-14-6-2-1-5-13(14)16(12-8-10-22-11-12)19-9-4-3-7-15(19)17(20)21/h1-2,5-6,8,10-11,15-16H,3-4,7,9H2,(H,20,21). The van der Waals surface area contributed by atoms with Gasteiger partial charge in [0.2, 0.25) is 0 Å². The van der Waals surface area contributed by atoms with Gasteiger partial charge in [-0.25, -0.2) is 4.39 Å². The fourth-order valence-corrected chi connectivity index (χ4v) is 3.88. The fourth-order valence-electron chi connectivity index (χ4n) is 3.21. The van der Waals surface area contributed by atoms with Gasteiger partial charge in [0.1, 0.15) is 11.9 Å². The molecule has 0 amide bonds. The molecule has 2 atom stereocenters. The van der Waals surface area contributed by atoms with Gasteiger partial charge in [-0.15, -0.1) is 0 Å². The van der Waals surface area contributed by atoms with Crippen LogP contribution < -0.4 is 0 Å². The van der Waals surface area contributed by atoms with Crippen LogP contribution in [0.15, 0.2) is 41.1 Å². The summed E-state index contributed by atoms with van der Waals surface area (Å²) in [5.41, 5.74) is 1.51. The van der Waals surface area contributed by atoms with E-state index in [1.54, 1.807) is 29.5 Å². The van der Waals surface area contributed by atoms with E-state index in [4.69, 9.17) is 0 Å². The molecule has 1 saturated heterocycles. The lowest BCUT2D eigenvalue weighted by atomic mass is 9.93. The molecule has 1 aromatic carbocycles. The second-order valence-corrected chi connectivity index (χ2v) is 6.35. The second-order valence-electron chi connectivity index (χ2n) is 5.57. The van der Waals surface area contributed by atoms with Gasteiger partial charge in [0.05, 0.1) is 6.04 Å². The van der Waals surface area contributed by atoms with Crippen molar-refractivity contribution in [3.05, 3.63) is 58.0 Å². The summed E-state index contributed by atoms with van der Waals surface area (Å²) in [6.45, 7) is 0.672. The van der Waals surface area contributed by atoms with Crippen LogP contribution in [0.2, 0.25) is 0 Å². The summed E-state index contributed by atoms with van der Waals surface area (Å²) in [5.74, 6) is -1.11. The maximum atomic E-state index is 14.3. The molecule has 2 aromatic rings. The molecule has 1 fully saturated rings. The summed E-state index contributed by atoms with van der Waals surface area (Å²) >= 11 is 1.55. The number of nitrogens with zero attached hydrogens (tertiary/aromatic N) is 1. The van der Waals surface area contributed by atoms with Crippen molar-refractivity contribution in [3.8, 4) is 0 Å². The highest BCUT2D eigenvalue weighted by Crippen LogP contribution is 2.36. The molecule has 0 saturated carbocycles. The largest absolute Gasteiger partial charge is 0.480 e. The summed E-state index contributed by atoms with van der Waals surface area (Å²) in [6.07, 6.45) is 2.46. The quantitative estimate of drug-likeness (QED) is 0.928. The van der Waals surface area contributed by atoms with Crippen molar-refractivity contribution in [1.82, 2.24) is 4.90 Å². The van der Waals surface area contributed by atoms with Crippen LogP contribution in [0.5, 0.6) is 0 Å². The smallest absolute Gasteiger partial charge is 0.320 e. The first-order valence-electron chi connectivity index (χ1n) is 7.43. The van der Waals surface area contributed by atoms with E-state index in [1.807, 2.05) is 21.7 Å². The van der Waals surface area contributed by atoms with E-state index in [1.165, 1.54) is 6.07 Å². The van der Waals surface area contributed by atoms with E-state index in [0.29, 0.717) is 18.5 Å². The van der Waals surface area contributed by atoms with Crippen molar-refractivity contribution >= 4 is 17.3 Å². The Bertz CT molecular complexity index is 644. The SMILES string of the molecule is O=C(O)C1CCCCN1C(c1ccsc1)c1ccccc1F. The number of carboxylic acids is 1. The molecule has 22 heavy (non-hydrogen) atoms. The highest BCUT2D eigenvalue weighted by atomic mass is 32.1. The summed E-state index contributed by atoms with van der Waals surface area (Å²) in [5, 5.41) is 13.5. The first kappa shape index (κ1) is 15.2. The van der Waals surface area contributed by atoms with Gasteiger partial charge in [-0.1, -0.05) is 24.6 Å². The Morgan fingerprint density at radius 2 is 2.14 bits per heavy atom. The van der Waals surface area contributed by atoms with Crippen LogP contribution in [0.1, 0.15) is 36.4 Å². The topological polar surface area (TPSA) is 40.5 Å². The fraction of sp³-hybridized carbons (Fsp3) is 0.353. The van der Waals surface area contributed by atoms with E-state index < -0.39 is 12.0 Å². The van der Waals surface area contributed by atoms with E-state index >= 15 is 0 Å². The molecule has 0 radical (unpaired) electrons. The Balaban J connectivity index is 2.05. The third kappa shape index (κ3) is 2.91. The number of halogens is 1. The normalized spacial score (nSPS) is 20.7. The third-order valence-electron chi connectivity index (χ3n) is 4.22. The zero-order valence-electron chi connectivity index (χ0n) is 12.1. The lowest BCUT2D eigenvalue weighted by Crippen LogP contribution is -2.47. The number of thiophene rings is 1. The van der Waals surface area contributed by atoms with Gasteiger partial charge < -0.3 is 5.11 Å². The average molecular weight is 319 g/mol. The number of hydrogen-bond acceptors (Lipinski definition) is 3. The van der Waals surface area contributed by atoms with E-state index in [9.17, 15) is 14.3 Å². The first-order valence-corrected chi connectivity index (χ1v) is 8.38. The Morgan fingerprint density at radius 1 is 1.32 bits per heavy atom. The summed E-state index contributed by atoms with van der Waals surface area (Å²) in [7, 11) is 0. The highest BCUT2D eigenvalue weighted by molar-refractivity contribution is 7.08. The zero-order chi connectivity index (χ0) is 15.5. The minimum Gasteiger partial charge on any atom is -0.480 e. The monoisotopic (exact) mass is 319 g/mol. The maximum absolute atomic E-state index is 14.3. The molecule has 0 aliphatic carbocycles. The number of carbonyl (C=O) groups is 1. The molecule has 0 bridgehead atoms. The minimum atomic E-state index is -0.823. The maximum Gasteiger partial charge on any atom is 0.320 e. The summed E-state index contributed by atoms with van der Waals surface area (Å²) < 4.78 is 14.3. The van der Waals surface area contributed by atoms with Crippen molar-refractivity contribution in [1.29, 1.82) is 0 Å². The van der Waals surface area contributed by atoms with Crippen LogP contribution in [0.4, 0.5) is 4.39 Å². The number of carboxylic acid groups (broad SMARTS) is 1. The van der Waals surface area contributed by atoms with Crippen molar-refractivity contribution in [2.45, 2.75) is 31.3 Å². The number of benzene rings is 1. The van der Waals surface area contributed by atoms with E-state index in [2.05, 4.69) is 0 Å². The minimum absolute atomic E-state index is 0.284. The Hall–Kier alpha value is -1.72. The molecule has 2 unspecified atom stereocenters. The molecule has 1 aliphatic heterocycles. The summed E-state index contributed by atoms with van der Waals surface area (Å²) in [4.78, 5) is 13.6. The zero-order valence-corrected chi connectivity index (χ0v) is 12.9. The van der Waals surface area contributed by atoms with Gasteiger partial charge in [0, 0.05) is 5.56 Å². The van der Waals surface area contributed by atoms with Crippen LogP contribution in [0.25, 0.3) is 0 Å².